The van der Waals surface area contributed by atoms with Crippen LogP contribution in [0.1, 0.15) is 42.4 Å². The minimum absolute atomic E-state index is 0.213. The van der Waals surface area contributed by atoms with Crippen LogP contribution in [0.4, 0.5) is 0 Å². The number of aromatic nitrogens is 1. The lowest BCUT2D eigenvalue weighted by molar-refractivity contribution is 0.0602. The van der Waals surface area contributed by atoms with Gasteiger partial charge in [0.2, 0.25) is 0 Å². The van der Waals surface area contributed by atoms with Crippen LogP contribution in [0.2, 0.25) is 0 Å². The zero-order chi connectivity index (χ0) is 22.7. The molecule has 0 amide bonds. The van der Waals surface area contributed by atoms with E-state index in [1.165, 1.54) is 12.7 Å². The SMILES string of the molecule is COC(=O)c1c(-c2ccccc2)c(C(C)(C)C)n(Cc2ccccc2)c1-c1ccccc1. The van der Waals surface area contributed by atoms with Crippen LogP contribution in [0.15, 0.2) is 91.0 Å². The molecule has 3 aromatic carbocycles. The maximum absolute atomic E-state index is 13.3. The summed E-state index contributed by atoms with van der Waals surface area (Å²) in [6.07, 6.45) is 0. The first kappa shape index (κ1) is 21.6. The average molecular weight is 424 g/mol. The summed E-state index contributed by atoms with van der Waals surface area (Å²) in [6.45, 7) is 7.26. The minimum Gasteiger partial charge on any atom is -0.465 e. The number of hydrogen-bond donors (Lipinski definition) is 0. The summed E-state index contributed by atoms with van der Waals surface area (Å²) in [5, 5.41) is 0. The molecule has 3 heteroatoms. The zero-order valence-corrected chi connectivity index (χ0v) is 19.1. The van der Waals surface area contributed by atoms with E-state index in [1.54, 1.807) is 0 Å². The molecular formula is C29H29NO2. The highest BCUT2D eigenvalue weighted by Crippen LogP contribution is 2.44. The topological polar surface area (TPSA) is 31.2 Å². The fraction of sp³-hybridized carbons (Fsp3) is 0.207. The third kappa shape index (κ3) is 4.11. The van der Waals surface area contributed by atoms with Crippen molar-refractivity contribution in [2.24, 2.45) is 0 Å². The lowest BCUT2D eigenvalue weighted by Gasteiger charge is -2.25. The smallest absolute Gasteiger partial charge is 0.340 e. The molecule has 0 radical (unpaired) electrons. The standard InChI is InChI=1S/C29H29NO2/c1-29(2,3)27-24(22-16-10-6-11-17-22)25(28(31)32-4)26(23-18-12-7-13-19-23)30(27)20-21-14-8-5-9-15-21/h5-19H,20H2,1-4H3. The Hall–Kier alpha value is -3.59. The lowest BCUT2D eigenvalue weighted by Crippen LogP contribution is -2.20. The van der Waals surface area contributed by atoms with E-state index >= 15 is 0 Å². The molecule has 3 nitrogen and oxygen atoms in total. The van der Waals surface area contributed by atoms with Crippen molar-refractivity contribution in [3.05, 3.63) is 108 Å². The number of carbonyl (C=O) groups excluding carboxylic acids is 1. The Balaban J connectivity index is 2.15. The largest absolute Gasteiger partial charge is 0.465 e. The molecule has 0 spiro atoms. The maximum atomic E-state index is 13.3. The molecule has 0 aliphatic carbocycles. The van der Waals surface area contributed by atoms with Gasteiger partial charge < -0.3 is 9.30 Å². The van der Waals surface area contributed by atoms with Crippen LogP contribution in [-0.4, -0.2) is 17.6 Å². The summed E-state index contributed by atoms with van der Waals surface area (Å²) in [7, 11) is 1.46. The molecule has 0 aliphatic rings. The van der Waals surface area contributed by atoms with Gasteiger partial charge in [0.05, 0.1) is 18.4 Å². The number of esters is 1. The van der Waals surface area contributed by atoms with Crippen LogP contribution in [0.25, 0.3) is 22.4 Å². The molecule has 1 aromatic heterocycles. The van der Waals surface area contributed by atoms with Crippen molar-refractivity contribution >= 4 is 5.97 Å². The predicted molar refractivity (Wildman–Crippen MR) is 131 cm³/mol. The molecule has 0 bridgehead atoms. The monoisotopic (exact) mass is 423 g/mol. The number of benzene rings is 3. The Morgan fingerprint density at radius 1 is 0.781 bits per heavy atom. The molecule has 0 saturated carbocycles. The van der Waals surface area contributed by atoms with E-state index in [-0.39, 0.29) is 11.4 Å². The van der Waals surface area contributed by atoms with Gasteiger partial charge in [0.15, 0.2) is 0 Å². The second kappa shape index (κ2) is 8.88. The first-order valence-electron chi connectivity index (χ1n) is 10.9. The third-order valence-corrected chi connectivity index (χ3v) is 5.66. The van der Waals surface area contributed by atoms with Crippen molar-refractivity contribution in [3.8, 4) is 22.4 Å². The molecule has 0 aliphatic heterocycles. The Morgan fingerprint density at radius 3 is 1.78 bits per heavy atom. The van der Waals surface area contributed by atoms with Crippen molar-refractivity contribution in [1.29, 1.82) is 0 Å². The molecule has 4 aromatic rings. The highest BCUT2D eigenvalue weighted by atomic mass is 16.5. The first-order valence-corrected chi connectivity index (χ1v) is 10.9. The number of rotatable bonds is 5. The van der Waals surface area contributed by atoms with Crippen LogP contribution in [0.5, 0.6) is 0 Å². The first-order chi connectivity index (χ1) is 15.4. The van der Waals surface area contributed by atoms with E-state index in [2.05, 4.69) is 73.9 Å². The van der Waals surface area contributed by atoms with Crippen molar-refractivity contribution in [1.82, 2.24) is 4.57 Å². The van der Waals surface area contributed by atoms with Gasteiger partial charge in [-0.2, -0.15) is 0 Å². The number of ether oxygens (including phenoxy) is 1. The molecule has 162 valence electrons. The summed E-state index contributed by atoms with van der Waals surface area (Å²) >= 11 is 0. The second-order valence-corrected chi connectivity index (χ2v) is 8.99. The van der Waals surface area contributed by atoms with Gasteiger partial charge in [0.25, 0.3) is 0 Å². The van der Waals surface area contributed by atoms with E-state index in [0.717, 1.165) is 28.1 Å². The summed E-state index contributed by atoms with van der Waals surface area (Å²) in [6, 6.07) is 30.7. The summed E-state index contributed by atoms with van der Waals surface area (Å²) in [4.78, 5) is 13.3. The molecule has 0 unspecified atom stereocenters. The van der Waals surface area contributed by atoms with Crippen molar-refractivity contribution in [3.63, 3.8) is 0 Å². The number of hydrogen-bond acceptors (Lipinski definition) is 2. The van der Waals surface area contributed by atoms with Gasteiger partial charge in [0, 0.05) is 23.2 Å². The zero-order valence-electron chi connectivity index (χ0n) is 19.1. The molecule has 1 heterocycles. The Bertz CT molecular complexity index is 1200. The van der Waals surface area contributed by atoms with Crippen molar-refractivity contribution < 1.29 is 9.53 Å². The van der Waals surface area contributed by atoms with Gasteiger partial charge in [-0.25, -0.2) is 4.79 Å². The van der Waals surface area contributed by atoms with Gasteiger partial charge in [-0.3, -0.25) is 0 Å². The normalized spacial score (nSPS) is 11.4. The summed E-state index contributed by atoms with van der Waals surface area (Å²) in [5.74, 6) is -0.319. The van der Waals surface area contributed by atoms with Crippen LogP contribution in [-0.2, 0) is 16.7 Å². The highest BCUT2D eigenvalue weighted by molar-refractivity contribution is 6.05. The summed E-state index contributed by atoms with van der Waals surface area (Å²) < 4.78 is 7.64. The lowest BCUT2D eigenvalue weighted by atomic mass is 9.85. The number of carbonyl (C=O) groups is 1. The quantitative estimate of drug-likeness (QED) is 0.325. The van der Waals surface area contributed by atoms with E-state index in [1.807, 2.05) is 42.5 Å². The molecular weight excluding hydrogens is 394 g/mol. The second-order valence-electron chi connectivity index (χ2n) is 8.99. The Labute approximate surface area is 190 Å². The average Bonchev–Trinajstić information content (AvgIpc) is 3.15. The van der Waals surface area contributed by atoms with E-state index in [4.69, 9.17) is 4.74 Å². The Morgan fingerprint density at radius 2 is 1.28 bits per heavy atom. The maximum Gasteiger partial charge on any atom is 0.340 e. The predicted octanol–water partition coefficient (Wildman–Crippen LogP) is 6.95. The fourth-order valence-corrected chi connectivity index (χ4v) is 4.41. The molecule has 0 atom stereocenters. The molecule has 0 fully saturated rings. The Kier molecular flexibility index (Phi) is 6.00. The molecule has 4 rings (SSSR count). The van der Waals surface area contributed by atoms with Crippen LogP contribution >= 0.6 is 0 Å². The van der Waals surface area contributed by atoms with Gasteiger partial charge in [-0.05, 0) is 16.7 Å². The fourth-order valence-electron chi connectivity index (χ4n) is 4.41. The van der Waals surface area contributed by atoms with Gasteiger partial charge in [0.1, 0.15) is 0 Å². The van der Waals surface area contributed by atoms with E-state index in [9.17, 15) is 4.79 Å². The minimum atomic E-state index is -0.319. The van der Waals surface area contributed by atoms with Gasteiger partial charge in [-0.1, -0.05) is 112 Å². The molecule has 32 heavy (non-hydrogen) atoms. The number of methoxy groups -OCH3 is 1. The number of nitrogens with zero attached hydrogens (tertiary/aromatic N) is 1. The molecule has 0 saturated heterocycles. The van der Waals surface area contributed by atoms with Gasteiger partial charge in [-0.15, -0.1) is 0 Å². The van der Waals surface area contributed by atoms with Gasteiger partial charge >= 0.3 is 5.97 Å². The van der Waals surface area contributed by atoms with Crippen LogP contribution in [0, 0.1) is 0 Å². The van der Waals surface area contributed by atoms with Crippen LogP contribution < -0.4 is 0 Å². The highest BCUT2D eigenvalue weighted by Gasteiger charge is 2.34. The third-order valence-electron chi connectivity index (χ3n) is 5.66. The van der Waals surface area contributed by atoms with Crippen molar-refractivity contribution in [2.45, 2.75) is 32.7 Å². The summed E-state index contributed by atoms with van der Waals surface area (Å²) in [5.41, 5.74) is 6.55. The molecule has 0 N–H and O–H groups in total. The van der Waals surface area contributed by atoms with E-state index < -0.39 is 0 Å². The van der Waals surface area contributed by atoms with Crippen molar-refractivity contribution in [2.75, 3.05) is 7.11 Å². The van der Waals surface area contributed by atoms with Crippen LogP contribution in [0.3, 0.4) is 0 Å². The van der Waals surface area contributed by atoms with E-state index in [0.29, 0.717) is 12.1 Å².